The van der Waals surface area contributed by atoms with E-state index in [1.54, 1.807) is 34.4 Å². The van der Waals surface area contributed by atoms with E-state index in [4.69, 9.17) is 11.5 Å². The Morgan fingerprint density at radius 2 is 1.59 bits per heavy atom. The molecule has 4 N–H and O–H groups in total. The van der Waals surface area contributed by atoms with Crippen LogP contribution in [0.4, 0.5) is 11.4 Å². The van der Waals surface area contributed by atoms with Crippen molar-refractivity contribution in [3.63, 3.8) is 0 Å². The molecule has 180 valence electrons. The van der Waals surface area contributed by atoms with Gasteiger partial charge in [0.2, 0.25) is 5.91 Å². The Balaban J connectivity index is 2.05. The maximum absolute atomic E-state index is 13.7. The lowest BCUT2D eigenvalue weighted by atomic mass is 10.1. The summed E-state index contributed by atoms with van der Waals surface area (Å²) in [4.78, 5) is 27.8. The Morgan fingerprint density at radius 3 is 2.12 bits per heavy atom. The standard InChI is InChI=1S/C26H32N3O3PS/c1-17(2)33(32,18(3)4)14-13-29(26(31)20-9-7-19(8-10-20)25(28)30)23-16-21(11-12-22(23)27)24-6-5-15-34-24/h5-12,15-18H,13-14,27H2,1-4H3,(H2,28,30). The van der Waals surface area contributed by atoms with Gasteiger partial charge in [-0.15, -0.1) is 11.3 Å². The molecule has 0 aliphatic heterocycles. The van der Waals surface area contributed by atoms with Gasteiger partial charge in [-0.05, 0) is 53.4 Å². The zero-order valence-electron chi connectivity index (χ0n) is 20.0. The SMILES string of the molecule is CC(C)P(=O)(CCN(C(=O)c1ccc(C(N)=O)cc1)c1cc(-c2cccs2)ccc1N)C(C)C. The second-order valence-electron chi connectivity index (χ2n) is 8.91. The van der Waals surface area contributed by atoms with Crippen molar-refractivity contribution in [2.45, 2.75) is 39.0 Å². The first-order chi connectivity index (χ1) is 16.0. The van der Waals surface area contributed by atoms with Crippen LogP contribution in [-0.4, -0.2) is 35.8 Å². The van der Waals surface area contributed by atoms with Crippen molar-refractivity contribution in [3.8, 4) is 10.4 Å². The molecule has 0 atom stereocenters. The van der Waals surface area contributed by atoms with E-state index in [0.717, 1.165) is 10.4 Å². The molecular formula is C26H32N3O3PS. The fourth-order valence-electron chi connectivity index (χ4n) is 4.01. The fraction of sp³-hybridized carbons (Fsp3) is 0.308. The summed E-state index contributed by atoms with van der Waals surface area (Å²) in [6, 6.07) is 15.9. The van der Waals surface area contributed by atoms with Gasteiger partial charge in [0.25, 0.3) is 5.91 Å². The van der Waals surface area contributed by atoms with Gasteiger partial charge in [-0.25, -0.2) is 0 Å². The molecule has 8 heteroatoms. The summed E-state index contributed by atoms with van der Waals surface area (Å²) in [5.74, 6) is -0.830. The smallest absolute Gasteiger partial charge is 0.258 e. The average molecular weight is 498 g/mol. The van der Waals surface area contributed by atoms with E-state index in [2.05, 4.69) is 0 Å². The van der Waals surface area contributed by atoms with Crippen LogP contribution in [-0.2, 0) is 4.57 Å². The normalized spacial score (nSPS) is 11.7. The van der Waals surface area contributed by atoms with E-state index in [0.29, 0.717) is 28.7 Å². The topological polar surface area (TPSA) is 106 Å². The number of carbonyl (C=O) groups excluding carboxylic acids is 2. The fourth-order valence-corrected chi connectivity index (χ4v) is 7.47. The number of primary amides is 1. The van der Waals surface area contributed by atoms with Crippen LogP contribution < -0.4 is 16.4 Å². The van der Waals surface area contributed by atoms with E-state index in [-0.39, 0.29) is 23.8 Å². The minimum atomic E-state index is -2.56. The van der Waals surface area contributed by atoms with Crippen molar-refractivity contribution in [1.82, 2.24) is 0 Å². The Bertz CT molecular complexity index is 1190. The van der Waals surface area contributed by atoms with E-state index in [9.17, 15) is 14.2 Å². The van der Waals surface area contributed by atoms with Crippen LogP contribution in [0.3, 0.4) is 0 Å². The maximum Gasteiger partial charge on any atom is 0.258 e. The molecule has 3 aromatic rings. The van der Waals surface area contributed by atoms with Crippen molar-refractivity contribution >= 4 is 41.7 Å². The number of nitrogens with two attached hydrogens (primary N) is 2. The minimum Gasteiger partial charge on any atom is -0.397 e. The summed E-state index contributed by atoms with van der Waals surface area (Å²) in [5, 5.41) is 2.00. The summed E-state index contributed by atoms with van der Waals surface area (Å²) < 4.78 is 13.7. The van der Waals surface area contributed by atoms with Gasteiger partial charge < -0.3 is 20.9 Å². The predicted octanol–water partition coefficient (Wildman–Crippen LogP) is 5.92. The van der Waals surface area contributed by atoms with Crippen LogP contribution in [0, 0.1) is 0 Å². The molecule has 1 aromatic heterocycles. The Morgan fingerprint density at radius 1 is 0.971 bits per heavy atom. The van der Waals surface area contributed by atoms with Crippen molar-refractivity contribution in [2.24, 2.45) is 5.73 Å². The lowest BCUT2D eigenvalue weighted by Gasteiger charge is -2.31. The van der Waals surface area contributed by atoms with Gasteiger partial charge in [-0.3, -0.25) is 9.59 Å². The second kappa shape index (κ2) is 10.6. The largest absolute Gasteiger partial charge is 0.397 e. The molecule has 0 saturated heterocycles. The number of hydrogen-bond donors (Lipinski definition) is 2. The summed E-state index contributed by atoms with van der Waals surface area (Å²) in [7, 11) is -2.56. The number of hydrogen-bond acceptors (Lipinski definition) is 5. The number of anilines is 2. The van der Waals surface area contributed by atoms with E-state index >= 15 is 0 Å². The summed E-state index contributed by atoms with van der Waals surface area (Å²) in [5.41, 5.74) is 14.4. The van der Waals surface area contributed by atoms with Crippen LogP contribution in [0.1, 0.15) is 48.4 Å². The number of carbonyl (C=O) groups is 2. The van der Waals surface area contributed by atoms with E-state index < -0.39 is 13.0 Å². The van der Waals surface area contributed by atoms with Crippen molar-refractivity contribution < 1.29 is 14.2 Å². The molecule has 0 bridgehead atoms. The molecule has 0 fully saturated rings. The quantitative estimate of drug-likeness (QED) is 0.282. The molecule has 6 nitrogen and oxygen atoms in total. The van der Waals surface area contributed by atoms with E-state index in [1.807, 2.05) is 57.3 Å². The molecule has 2 aromatic carbocycles. The third kappa shape index (κ3) is 5.43. The van der Waals surface area contributed by atoms with Crippen molar-refractivity contribution in [3.05, 3.63) is 71.1 Å². The predicted molar refractivity (Wildman–Crippen MR) is 144 cm³/mol. The summed E-state index contributed by atoms with van der Waals surface area (Å²) >= 11 is 1.60. The average Bonchev–Trinajstić information content (AvgIpc) is 3.34. The van der Waals surface area contributed by atoms with Crippen LogP contribution in [0.15, 0.2) is 60.0 Å². The highest BCUT2D eigenvalue weighted by Crippen LogP contribution is 2.54. The highest BCUT2D eigenvalue weighted by atomic mass is 32.1. The number of nitrogens with zero attached hydrogens (tertiary/aromatic N) is 1. The van der Waals surface area contributed by atoms with Crippen LogP contribution in [0.5, 0.6) is 0 Å². The van der Waals surface area contributed by atoms with Gasteiger partial charge in [0.15, 0.2) is 0 Å². The maximum atomic E-state index is 13.7. The van der Waals surface area contributed by atoms with Crippen LogP contribution in [0.2, 0.25) is 0 Å². The Kier molecular flexibility index (Phi) is 8.01. The number of thiophene rings is 1. The van der Waals surface area contributed by atoms with Crippen LogP contribution in [0.25, 0.3) is 10.4 Å². The minimum absolute atomic E-state index is 0.00843. The molecule has 2 amide bonds. The first kappa shape index (κ1) is 25.7. The number of amides is 2. The number of rotatable bonds is 9. The zero-order chi connectivity index (χ0) is 25.0. The Labute approximate surface area is 205 Å². The molecule has 0 aliphatic carbocycles. The first-order valence-corrected chi connectivity index (χ1v) is 14.2. The molecule has 34 heavy (non-hydrogen) atoms. The summed E-state index contributed by atoms with van der Waals surface area (Å²) in [6.45, 7) is 8.16. The number of benzene rings is 2. The highest BCUT2D eigenvalue weighted by Gasteiger charge is 2.32. The Hall–Kier alpha value is -2.89. The van der Waals surface area contributed by atoms with Gasteiger partial charge in [0, 0.05) is 40.0 Å². The monoisotopic (exact) mass is 497 g/mol. The molecule has 1 heterocycles. The van der Waals surface area contributed by atoms with Crippen LogP contribution >= 0.6 is 18.5 Å². The van der Waals surface area contributed by atoms with Gasteiger partial charge in [0.05, 0.1) is 18.5 Å². The van der Waals surface area contributed by atoms with Gasteiger partial charge >= 0.3 is 0 Å². The van der Waals surface area contributed by atoms with Gasteiger partial charge in [-0.1, -0.05) is 39.8 Å². The molecular weight excluding hydrogens is 465 g/mol. The van der Waals surface area contributed by atoms with Gasteiger partial charge in [-0.2, -0.15) is 0 Å². The molecule has 3 rings (SSSR count). The van der Waals surface area contributed by atoms with Gasteiger partial charge in [0.1, 0.15) is 0 Å². The highest BCUT2D eigenvalue weighted by molar-refractivity contribution is 7.65. The third-order valence-electron chi connectivity index (χ3n) is 6.21. The first-order valence-electron chi connectivity index (χ1n) is 11.3. The third-order valence-corrected chi connectivity index (χ3v) is 11.5. The lowest BCUT2D eigenvalue weighted by molar-refractivity contribution is 0.0981. The second-order valence-corrected chi connectivity index (χ2v) is 14.1. The molecule has 0 radical (unpaired) electrons. The molecule has 0 spiro atoms. The molecule has 0 saturated carbocycles. The van der Waals surface area contributed by atoms with Crippen molar-refractivity contribution in [2.75, 3.05) is 23.3 Å². The van der Waals surface area contributed by atoms with Crippen molar-refractivity contribution in [1.29, 1.82) is 0 Å². The zero-order valence-corrected chi connectivity index (χ0v) is 21.7. The van der Waals surface area contributed by atoms with E-state index in [1.165, 1.54) is 12.1 Å². The molecule has 0 unspecified atom stereocenters. The number of nitrogen functional groups attached to an aromatic ring is 1. The summed E-state index contributed by atoms with van der Waals surface area (Å²) in [6.07, 6.45) is 0.385. The molecule has 0 aliphatic rings. The lowest BCUT2D eigenvalue weighted by Crippen LogP contribution is -2.35.